The molecule has 0 fully saturated rings. The molecule has 1 amide bonds. The van der Waals surface area contributed by atoms with Gasteiger partial charge in [0.2, 0.25) is 21.1 Å². The van der Waals surface area contributed by atoms with Gasteiger partial charge in [-0.15, -0.1) is 10.2 Å². The maximum absolute atomic E-state index is 12.4. The third kappa shape index (κ3) is 4.59. The van der Waals surface area contributed by atoms with Crippen LogP contribution in [0.2, 0.25) is 5.02 Å². The smallest absolute Gasteiger partial charge is 0.249 e. The van der Waals surface area contributed by atoms with Crippen LogP contribution in [0.25, 0.3) is 0 Å². The van der Waals surface area contributed by atoms with Crippen molar-refractivity contribution < 1.29 is 13.2 Å². The fraction of sp³-hybridized carbons (Fsp3) is 0.308. The lowest BCUT2D eigenvalue weighted by atomic mass is 10.2. The van der Waals surface area contributed by atoms with Crippen molar-refractivity contribution in [3.8, 4) is 0 Å². The third-order valence-electron chi connectivity index (χ3n) is 2.96. The van der Waals surface area contributed by atoms with E-state index in [1.165, 1.54) is 36.1 Å². The Hall–Kier alpha value is -1.36. The topological polar surface area (TPSA) is 92.3 Å². The van der Waals surface area contributed by atoms with E-state index in [9.17, 15) is 13.2 Å². The molecular weight excluding hydrogens is 392 g/mol. The number of thioether (sulfide) groups is 1. The van der Waals surface area contributed by atoms with Crippen molar-refractivity contribution in [1.82, 2.24) is 10.2 Å². The number of rotatable bonds is 6. The fourth-order valence-electron chi connectivity index (χ4n) is 1.97. The number of hydrogen-bond acceptors (Lipinski definition) is 7. The van der Waals surface area contributed by atoms with Gasteiger partial charge in [0, 0.05) is 5.02 Å². The Labute approximate surface area is 153 Å². The zero-order chi connectivity index (χ0) is 17.9. The third-order valence-corrected chi connectivity index (χ3v) is 6.25. The molecule has 0 radical (unpaired) electrons. The lowest BCUT2D eigenvalue weighted by Gasteiger charge is -2.27. The van der Waals surface area contributed by atoms with Crippen LogP contribution in [0.1, 0.15) is 6.92 Å². The zero-order valence-electron chi connectivity index (χ0n) is 13.1. The summed E-state index contributed by atoms with van der Waals surface area (Å²) in [7, 11) is -3.69. The van der Waals surface area contributed by atoms with Crippen molar-refractivity contribution in [2.24, 2.45) is 0 Å². The number of hydrogen-bond donors (Lipinski definition) is 1. The highest BCUT2D eigenvalue weighted by Crippen LogP contribution is 2.26. The van der Waals surface area contributed by atoms with Gasteiger partial charge in [-0.05, 0) is 31.4 Å². The summed E-state index contributed by atoms with van der Waals surface area (Å²) in [5.74, 6) is -0.510. The van der Waals surface area contributed by atoms with Crippen molar-refractivity contribution in [2.45, 2.75) is 17.3 Å². The molecule has 1 aromatic heterocycles. The maximum Gasteiger partial charge on any atom is 0.249 e. The molecule has 7 nitrogen and oxygen atoms in total. The van der Waals surface area contributed by atoms with Crippen LogP contribution in [0.3, 0.4) is 0 Å². The summed E-state index contributed by atoms with van der Waals surface area (Å²) >= 11 is 8.55. The van der Waals surface area contributed by atoms with E-state index in [0.29, 0.717) is 20.2 Å². The molecule has 0 aliphatic carbocycles. The van der Waals surface area contributed by atoms with Gasteiger partial charge >= 0.3 is 0 Å². The molecule has 2 aromatic rings. The average Bonchev–Trinajstić information content (AvgIpc) is 2.93. The lowest BCUT2D eigenvalue weighted by Crippen LogP contribution is -2.45. The predicted octanol–water partition coefficient (Wildman–Crippen LogP) is 2.71. The van der Waals surface area contributed by atoms with Crippen LogP contribution >= 0.6 is 34.7 Å². The molecule has 11 heteroatoms. The maximum atomic E-state index is 12.4. The van der Waals surface area contributed by atoms with E-state index in [1.807, 2.05) is 6.26 Å². The molecule has 0 bridgehead atoms. The van der Waals surface area contributed by atoms with Gasteiger partial charge in [-0.1, -0.05) is 40.8 Å². The number of halogens is 1. The molecule has 1 atom stereocenters. The molecule has 0 saturated heterocycles. The van der Waals surface area contributed by atoms with Crippen molar-refractivity contribution in [1.29, 1.82) is 0 Å². The summed E-state index contributed by atoms with van der Waals surface area (Å²) in [4.78, 5) is 12.4. The van der Waals surface area contributed by atoms with Crippen LogP contribution in [0.5, 0.6) is 0 Å². The Morgan fingerprint density at radius 1 is 1.42 bits per heavy atom. The number of nitrogens with zero attached hydrogens (tertiary/aromatic N) is 3. The van der Waals surface area contributed by atoms with Crippen LogP contribution in [-0.2, 0) is 14.8 Å². The van der Waals surface area contributed by atoms with Crippen LogP contribution < -0.4 is 9.62 Å². The second-order valence-electron chi connectivity index (χ2n) is 4.78. The van der Waals surface area contributed by atoms with Gasteiger partial charge in [0.1, 0.15) is 6.04 Å². The van der Waals surface area contributed by atoms with Crippen molar-refractivity contribution in [3.63, 3.8) is 0 Å². The fourth-order valence-corrected chi connectivity index (χ4v) is 4.50. The normalized spacial score (nSPS) is 12.7. The van der Waals surface area contributed by atoms with Gasteiger partial charge in [0.25, 0.3) is 0 Å². The van der Waals surface area contributed by atoms with Crippen LogP contribution in [0.4, 0.5) is 10.8 Å². The number of anilines is 2. The molecule has 1 N–H and O–H groups in total. The summed E-state index contributed by atoms with van der Waals surface area (Å²) in [5.41, 5.74) is 0.315. The van der Waals surface area contributed by atoms with Crippen LogP contribution in [0.15, 0.2) is 28.6 Å². The number of benzene rings is 1. The van der Waals surface area contributed by atoms with Gasteiger partial charge in [0.05, 0.1) is 11.9 Å². The summed E-state index contributed by atoms with van der Waals surface area (Å²) in [6.45, 7) is 1.49. The Morgan fingerprint density at radius 3 is 2.67 bits per heavy atom. The highest BCUT2D eigenvalue weighted by atomic mass is 35.5. The zero-order valence-corrected chi connectivity index (χ0v) is 16.3. The van der Waals surface area contributed by atoms with Gasteiger partial charge in [0.15, 0.2) is 4.34 Å². The highest BCUT2D eigenvalue weighted by Gasteiger charge is 2.29. The second kappa shape index (κ2) is 7.68. The molecular formula is C13H15ClN4O3S3. The number of sulfonamides is 1. The Bertz CT molecular complexity index is 840. The highest BCUT2D eigenvalue weighted by molar-refractivity contribution is 8.00. The van der Waals surface area contributed by atoms with E-state index in [1.54, 1.807) is 18.2 Å². The van der Waals surface area contributed by atoms with E-state index in [-0.39, 0.29) is 0 Å². The summed E-state index contributed by atoms with van der Waals surface area (Å²) in [5, 5.41) is 11.0. The molecule has 0 unspecified atom stereocenters. The first kappa shape index (κ1) is 19.0. The molecule has 0 saturated carbocycles. The van der Waals surface area contributed by atoms with E-state index in [2.05, 4.69) is 15.5 Å². The molecule has 0 spiro atoms. The predicted molar refractivity (Wildman–Crippen MR) is 98.6 cm³/mol. The van der Waals surface area contributed by atoms with Crippen LogP contribution in [-0.4, -0.2) is 43.1 Å². The number of carbonyl (C=O) groups excluding carboxylic acids is 1. The van der Waals surface area contributed by atoms with E-state index >= 15 is 0 Å². The van der Waals surface area contributed by atoms with Crippen LogP contribution in [0, 0.1) is 0 Å². The number of nitrogens with one attached hydrogen (secondary N) is 1. The largest absolute Gasteiger partial charge is 0.299 e. The minimum atomic E-state index is -3.69. The second-order valence-corrected chi connectivity index (χ2v) is 9.11. The molecule has 24 heavy (non-hydrogen) atoms. The lowest BCUT2D eigenvalue weighted by molar-refractivity contribution is -0.116. The van der Waals surface area contributed by atoms with E-state index in [0.717, 1.165) is 10.6 Å². The van der Waals surface area contributed by atoms with Crippen molar-refractivity contribution in [3.05, 3.63) is 29.3 Å². The summed E-state index contributed by atoms with van der Waals surface area (Å²) < 4.78 is 26.1. The minimum absolute atomic E-state index is 0.315. The summed E-state index contributed by atoms with van der Waals surface area (Å²) in [6.07, 6.45) is 2.88. The number of amides is 1. The number of aromatic nitrogens is 2. The van der Waals surface area contributed by atoms with Gasteiger partial charge < -0.3 is 0 Å². The van der Waals surface area contributed by atoms with Crippen molar-refractivity contribution >= 4 is 61.4 Å². The molecule has 1 aromatic carbocycles. The monoisotopic (exact) mass is 406 g/mol. The minimum Gasteiger partial charge on any atom is -0.299 e. The first-order valence-electron chi connectivity index (χ1n) is 6.65. The first-order valence-corrected chi connectivity index (χ1v) is 10.9. The quantitative estimate of drug-likeness (QED) is 0.585. The summed E-state index contributed by atoms with van der Waals surface area (Å²) in [6, 6.07) is 5.33. The standard InChI is InChI=1S/C13H15ClN4O3S3/c1-8(11(19)15-12-16-17-13(22-2)23-12)18(24(3,20)21)10-6-4-5-9(14)7-10/h4-8H,1-3H3,(H,15,16,19)/t8-/m0/s1. The number of carbonyl (C=O) groups is 1. The average molecular weight is 407 g/mol. The molecule has 0 aliphatic heterocycles. The molecule has 2 rings (SSSR count). The first-order chi connectivity index (χ1) is 11.2. The van der Waals surface area contributed by atoms with Gasteiger partial charge in [-0.3, -0.25) is 14.4 Å². The van der Waals surface area contributed by atoms with Gasteiger partial charge in [-0.25, -0.2) is 8.42 Å². The Balaban J connectivity index is 2.27. The van der Waals surface area contributed by atoms with Gasteiger partial charge in [-0.2, -0.15) is 0 Å². The molecule has 1 heterocycles. The Kier molecular flexibility index (Phi) is 6.07. The van der Waals surface area contributed by atoms with Crippen molar-refractivity contribution in [2.75, 3.05) is 22.1 Å². The Morgan fingerprint density at radius 2 is 2.12 bits per heavy atom. The van der Waals surface area contributed by atoms with E-state index < -0.39 is 22.0 Å². The van der Waals surface area contributed by atoms with E-state index in [4.69, 9.17) is 11.6 Å². The molecule has 0 aliphatic rings. The SMILES string of the molecule is CSc1nnc(NC(=O)[C@H](C)N(c2cccc(Cl)c2)S(C)(=O)=O)s1. The molecule has 130 valence electrons.